The van der Waals surface area contributed by atoms with Crippen molar-refractivity contribution in [3.63, 3.8) is 0 Å². The predicted octanol–water partition coefficient (Wildman–Crippen LogP) is 2.98. The third kappa shape index (κ3) is 3.66. The van der Waals surface area contributed by atoms with Crippen molar-refractivity contribution in [1.82, 2.24) is 9.97 Å². The van der Waals surface area contributed by atoms with Gasteiger partial charge in [-0.05, 0) is 36.4 Å². The number of benzene rings is 1. The molecule has 0 atom stereocenters. The topological polar surface area (TPSA) is 88.1 Å². The zero-order valence-electron chi connectivity index (χ0n) is 14.9. The summed E-state index contributed by atoms with van der Waals surface area (Å²) in [6, 6.07) is 15.3. The number of morpholine rings is 1. The quantitative estimate of drug-likeness (QED) is 0.552. The van der Waals surface area contributed by atoms with Crippen LogP contribution in [-0.2, 0) is 4.74 Å². The number of nitrogens with one attached hydrogen (secondary N) is 1. The van der Waals surface area contributed by atoms with Crippen molar-refractivity contribution in [2.24, 2.45) is 0 Å². The highest BCUT2D eigenvalue weighted by atomic mass is 16.5. The molecule has 1 aliphatic heterocycles. The van der Waals surface area contributed by atoms with Gasteiger partial charge in [0.05, 0.1) is 24.6 Å². The zero-order valence-corrected chi connectivity index (χ0v) is 14.9. The summed E-state index contributed by atoms with van der Waals surface area (Å²) in [4.78, 5) is 11.0. The second-order valence-corrected chi connectivity index (χ2v) is 6.39. The molecular weight excluding hydrogens is 338 g/mol. The highest BCUT2D eigenvalue weighted by Crippen LogP contribution is 2.25. The molecule has 3 aromatic rings. The lowest BCUT2D eigenvalue weighted by Crippen LogP contribution is -2.36. The minimum atomic E-state index is 0.377. The lowest BCUT2D eigenvalue weighted by molar-refractivity contribution is 0.122. The van der Waals surface area contributed by atoms with Crippen molar-refractivity contribution in [3.8, 4) is 11.3 Å². The molecule has 0 radical (unpaired) electrons. The van der Waals surface area contributed by atoms with E-state index in [1.54, 1.807) is 12.4 Å². The molecule has 27 heavy (non-hydrogen) atoms. The fraction of sp³-hybridized carbons (Fsp3) is 0.190. The summed E-state index contributed by atoms with van der Waals surface area (Å²) >= 11 is 0. The Labute approximate surface area is 158 Å². The largest absolute Gasteiger partial charge is 0.398 e. The fourth-order valence-electron chi connectivity index (χ4n) is 3.16. The van der Waals surface area contributed by atoms with Crippen LogP contribution in [0.2, 0.25) is 0 Å². The summed E-state index contributed by atoms with van der Waals surface area (Å²) in [7, 11) is 0. The molecule has 3 N–H and O–H groups in total. The van der Waals surface area contributed by atoms with Crippen molar-refractivity contribution < 1.29 is 4.74 Å². The Hall–Kier alpha value is -3.25. The van der Waals surface area contributed by atoms with Crippen LogP contribution in [0.4, 0.5) is 11.5 Å². The average molecular weight is 359 g/mol. The Morgan fingerprint density at radius 3 is 2.63 bits per heavy atom. The molecule has 0 unspecified atom stereocenters. The van der Waals surface area contributed by atoms with E-state index in [1.165, 1.54) is 0 Å². The minimum Gasteiger partial charge on any atom is -0.398 e. The standard InChI is InChI=1S/C21H21N5O/c22-18-5-4-15(19-3-1-2-7-24-19)13-17(18)21(23)16-6-8-25-20(14-16)26-9-11-27-12-10-26/h1-8,13-14,23H,9-12,22H2. The highest BCUT2D eigenvalue weighted by Gasteiger charge is 2.15. The molecule has 0 saturated carbocycles. The highest BCUT2D eigenvalue weighted by molar-refractivity contribution is 6.14. The molecule has 136 valence electrons. The molecule has 6 heteroatoms. The lowest BCUT2D eigenvalue weighted by Gasteiger charge is -2.28. The van der Waals surface area contributed by atoms with E-state index in [1.807, 2.05) is 48.5 Å². The van der Waals surface area contributed by atoms with Gasteiger partial charge in [0, 0.05) is 47.9 Å². The van der Waals surface area contributed by atoms with Crippen LogP contribution in [0.3, 0.4) is 0 Å². The molecule has 0 amide bonds. The molecule has 4 rings (SSSR count). The first-order valence-corrected chi connectivity index (χ1v) is 8.91. The van der Waals surface area contributed by atoms with Crippen LogP contribution in [-0.4, -0.2) is 42.0 Å². The predicted molar refractivity (Wildman–Crippen MR) is 107 cm³/mol. The molecule has 1 aliphatic rings. The Kier molecular flexibility index (Phi) is 4.80. The first-order chi connectivity index (χ1) is 13.2. The summed E-state index contributed by atoms with van der Waals surface area (Å²) in [6.07, 6.45) is 3.50. The van der Waals surface area contributed by atoms with Gasteiger partial charge in [0.15, 0.2) is 0 Å². The summed E-state index contributed by atoms with van der Waals surface area (Å²) in [6.45, 7) is 3.01. The molecule has 0 bridgehead atoms. The number of nitrogens with zero attached hydrogens (tertiary/aromatic N) is 3. The number of hydrogen-bond acceptors (Lipinski definition) is 6. The second kappa shape index (κ2) is 7.55. The molecule has 0 spiro atoms. The van der Waals surface area contributed by atoms with Crippen LogP contribution in [0, 0.1) is 5.41 Å². The van der Waals surface area contributed by atoms with Gasteiger partial charge >= 0.3 is 0 Å². The van der Waals surface area contributed by atoms with E-state index < -0.39 is 0 Å². The first-order valence-electron chi connectivity index (χ1n) is 8.91. The number of aromatic nitrogens is 2. The molecule has 1 aromatic carbocycles. The Balaban J connectivity index is 1.66. The smallest absolute Gasteiger partial charge is 0.129 e. The van der Waals surface area contributed by atoms with E-state index in [4.69, 9.17) is 15.9 Å². The van der Waals surface area contributed by atoms with Crippen molar-refractivity contribution in [3.05, 3.63) is 72.1 Å². The van der Waals surface area contributed by atoms with Crippen molar-refractivity contribution in [2.45, 2.75) is 0 Å². The third-order valence-corrected chi connectivity index (χ3v) is 4.65. The van der Waals surface area contributed by atoms with Gasteiger partial charge in [-0.1, -0.05) is 12.1 Å². The molecule has 0 aliphatic carbocycles. The summed E-state index contributed by atoms with van der Waals surface area (Å²) in [5, 5.41) is 8.71. The Bertz CT molecular complexity index is 952. The van der Waals surface area contributed by atoms with Gasteiger partial charge in [-0.15, -0.1) is 0 Å². The monoisotopic (exact) mass is 359 g/mol. The SMILES string of the molecule is N=C(c1ccnc(N2CCOCC2)c1)c1cc(-c2ccccn2)ccc1N. The molecule has 3 heterocycles. The Morgan fingerprint density at radius 1 is 1.00 bits per heavy atom. The fourth-order valence-corrected chi connectivity index (χ4v) is 3.16. The second-order valence-electron chi connectivity index (χ2n) is 6.39. The molecule has 1 fully saturated rings. The normalized spacial score (nSPS) is 14.1. The van der Waals surface area contributed by atoms with Gasteiger partial charge < -0.3 is 15.4 Å². The minimum absolute atomic E-state index is 0.377. The summed E-state index contributed by atoms with van der Waals surface area (Å²) in [5.74, 6) is 0.861. The summed E-state index contributed by atoms with van der Waals surface area (Å²) < 4.78 is 5.41. The number of anilines is 2. The van der Waals surface area contributed by atoms with E-state index >= 15 is 0 Å². The number of nitrogen functional groups attached to an aromatic ring is 1. The number of rotatable bonds is 4. The average Bonchev–Trinajstić information content (AvgIpc) is 2.75. The van der Waals surface area contributed by atoms with Crippen LogP contribution in [0.15, 0.2) is 60.9 Å². The zero-order chi connectivity index (χ0) is 18.6. The van der Waals surface area contributed by atoms with Gasteiger partial charge in [0.1, 0.15) is 5.82 Å². The van der Waals surface area contributed by atoms with Gasteiger partial charge in [-0.2, -0.15) is 0 Å². The number of hydrogen-bond donors (Lipinski definition) is 2. The third-order valence-electron chi connectivity index (χ3n) is 4.65. The molecule has 1 saturated heterocycles. The van der Waals surface area contributed by atoms with Crippen molar-refractivity contribution in [1.29, 1.82) is 5.41 Å². The van der Waals surface area contributed by atoms with E-state index in [2.05, 4.69) is 14.9 Å². The maximum Gasteiger partial charge on any atom is 0.129 e. The van der Waals surface area contributed by atoms with Crippen LogP contribution in [0.5, 0.6) is 0 Å². The lowest BCUT2D eigenvalue weighted by atomic mass is 9.98. The van der Waals surface area contributed by atoms with Gasteiger partial charge in [-0.3, -0.25) is 10.4 Å². The molecule has 6 nitrogen and oxygen atoms in total. The Morgan fingerprint density at radius 2 is 1.85 bits per heavy atom. The van der Waals surface area contributed by atoms with E-state index in [0.29, 0.717) is 30.2 Å². The van der Waals surface area contributed by atoms with Gasteiger partial charge in [-0.25, -0.2) is 4.98 Å². The number of pyridine rings is 2. The van der Waals surface area contributed by atoms with E-state index in [0.717, 1.165) is 35.7 Å². The number of ether oxygens (including phenoxy) is 1. The van der Waals surface area contributed by atoms with E-state index in [-0.39, 0.29) is 0 Å². The van der Waals surface area contributed by atoms with Gasteiger partial charge in [0.25, 0.3) is 0 Å². The van der Waals surface area contributed by atoms with Crippen LogP contribution in [0.25, 0.3) is 11.3 Å². The molecule has 2 aromatic heterocycles. The number of nitrogens with two attached hydrogens (primary N) is 1. The summed E-state index contributed by atoms with van der Waals surface area (Å²) in [5.41, 5.74) is 10.4. The van der Waals surface area contributed by atoms with Crippen molar-refractivity contribution in [2.75, 3.05) is 36.9 Å². The van der Waals surface area contributed by atoms with Crippen LogP contribution in [0.1, 0.15) is 11.1 Å². The molecular formula is C21H21N5O. The van der Waals surface area contributed by atoms with Crippen LogP contribution < -0.4 is 10.6 Å². The first kappa shape index (κ1) is 17.2. The maximum absolute atomic E-state index is 8.71. The van der Waals surface area contributed by atoms with Crippen LogP contribution >= 0.6 is 0 Å². The van der Waals surface area contributed by atoms with Crippen molar-refractivity contribution >= 4 is 17.2 Å². The maximum atomic E-state index is 8.71. The van der Waals surface area contributed by atoms with E-state index in [9.17, 15) is 0 Å². The van der Waals surface area contributed by atoms with Gasteiger partial charge in [0.2, 0.25) is 0 Å².